The average molecular weight is 421 g/mol. The van der Waals surface area contributed by atoms with Crippen LogP contribution in [0.2, 0.25) is 0 Å². The van der Waals surface area contributed by atoms with E-state index < -0.39 is 6.09 Å². The van der Waals surface area contributed by atoms with Crippen molar-refractivity contribution in [2.45, 2.75) is 63.5 Å². The zero-order chi connectivity index (χ0) is 21.6. The second-order valence-electron chi connectivity index (χ2n) is 9.83. The van der Waals surface area contributed by atoms with Crippen LogP contribution in [-0.4, -0.2) is 33.0 Å². The average Bonchev–Trinajstić information content (AvgIpc) is 2.66. The summed E-state index contributed by atoms with van der Waals surface area (Å²) in [4.78, 5) is 34.2. The predicted octanol–water partition coefficient (Wildman–Crippen LogP) is 3.70. The third kappa shape index (κ3) is 4.01. The number of ether oxygens (including phenoxy) is 1. The van der Waals surface area contributed by atoms with Gasteiger partial charge in [0.15, 0.2) is 0 Å². The van der Waals surface area contributed by atoms with Crippen LogP contribution in [0.25, 0.3) is 0 Å². The molecule has 2 aromatic rings. The summed E-state index contributed by atoms with van der Waals surface area (Å²) in [5.74, 6) is 1.15. The Bertz CT molecular complexity index is 1010. The molecule has 6 rings (SSSR count). The Morgan fingerprint density at radius 2 is 1.71 bits per heavy atom. The largest absolute Gasteiger partial charge is 0.414 e. The van der Waals surface area contributed by atoms with Crippen LogP contribution < -0.4 is 15.4 Å². The molecule has 2 atom stereocenters. The summed E-state index contributed by atoms with van der Waals surface area (Å²) in [7, 11) is 0. The third-order valence-electron chi connectivity index (χ3n) is 7.01. The molecule has 31 heavy (non-hydrogen) atoms. The minimum Gasteiger partial charge on any atom is -0.391 e. The standard InChI is InChI=1S/C24H28N4O3/c1-15-6-7-19(25-13-15)21(29)27-23-9-17-8-18(10-23)12-24(11-17,14-23)28-22(30)31-20-5-3-4-16(2)26-20/h3-7,13,17-18H,8-12,14H2,1-2H3,(H,27,29)(H,28,30). The smallest absolute Gasteiger partial charge is 0.391 e. The maximum atomic E-state index is 12.9. The van der Waals surface area contributed by atoms with E-state index in [0.29, 0.717) is 23.4 Å². The molecule has 7 heteroatoms. The fourth-order valence-electron chi connectivity index (χ4n) is 6.37. The second-order valence-corrected chi connectivity index (χ2v) is 9.83. The summed E-state index contributed by atoms with van der Waals surface area (Å²) < 4.78 is 5.47. The lowest BCUT2D eigenvalue weighted by Gasteiger charge is -2.61. The normalized spacial score (nSPS) is 30.6. The molecule has 2 heterocycles. The van der Waals surface area contributed by atoms with Crippen LogP contribution in [0.1, 0.15) is 60.3 Å². The first-order valence-electron chi connectivity index (χ1n) is 11.0. The third-order valence-corrected chi connectivity index (χ3v) is 7.01. The van der Waals surface area contributed by atoms with Crippen LogP contribution in [0.15, 0.2) is 36.5 Å². The quantitative estimate of drug-likeness (QED) is 0.787. The predicted molar refractivity (Wildman–Crippen MR) is 115 cm³/mol. The van der Waals surface area contributed by atoms with Crippen LogP contribution in [0.5, 0.6) is 5.88 Å². The number of carbonyl (C=O) groups excluding carboxylic acids is 2. The van der Waals surface area contributed by atoms with E-state index in [-0.39, 0.29) is 17.0 Å². The van der Waals surface area contributed by atoms with Crippen molar-refractivity contribution in [3.05, 3.63) is 53.5 Å². The first-order chi connectivity index (χ1) is 14.8. The van der Waals surface area contributed by atoms with Gasteiger partial charge >= 0.3 is 6.09 Å². The summed E-state index contributed by atoms with van der Waals surface area (Å²) in [6, 6.07) is 9.03. The number of rotatable bonds is 4. The Balaban J connectivity index is 1.32. The van der Waals surface area contributed by atoms with E-state index in [1.165, 1.54) is 0 Å². The number of amides is 2. The van der Waals surface area contributed by atoms with E-state index in [1.807, 2.05) is 32.0 Å². The molecule has 7 nitrogen and oxygen atoms in total. The highest BCUT2D eigenvalue weighted by atomic mass is 16.6. The fraction of sp³-hybridized carbons (Fsp3) is 0.500. The molecule has 4 bridgehead atoms. The Morgan fingerprint density at radius 3 is 2.35 bits per heavy atom. The first kappa shape index (κ1) is 20.0. The van der Waals surface area contributed by atoms with Crippen molar-refractivity contribution in [1.82, 2.24) is 20.6 Å². The van der Waals surface area contributed by atoms with Gasteiger partial charge < -0.3 is 15.4 Å². The maximum Gasteiger partial charge on any atom is 0.414 e. The lowest BCUT2D eigenvalue weighted by atomic mass is 9.50. The second kappa shape index (κ2) is 7.32. The van der Waals surface area contributed by atoms with E-state index in [2.05, 4.69) is 20.6 Å². The molecule has 4 aliphatic rings. The van der Waals surface area contributed by atoms with Crippen LogP contribution in [-0.2, 0) is 0 Å². The first-order valence-corrected chi connectivity index (χ1v) is 11.0. The molecule has 2 N–H and O–H groups in total. The monoisotopic (exact) mass is 420 g/mol. The molecule has 0 spiro atoms. The van der Waals surface area contributed by atoms with E-state index in [9.17, 15) is 9.59 Å². The summed E-state index contributed by atoms with van der Waals surface area (Å²) >= 11 is 0. The number of pyridine rings is 2. The molecule has 0 saturated heterocycles. The van der Waals surface area contributed by atoms with Gasteiger partial charge in [-0.25, -0.2) is 9.78 Å². The molecule has 2 unspecified atom stereocenters. The minimum atomic E-state index is -0.471. The zero-order valence-electron chi connectivity index (χ0n) is 18.0. The van der Waals surface area contributed by atoms with Gasteiger partial charge in [0.2, 0.25) is 5.88 Å². The van der Waals surface area contributed by atoms with Crippen molar-refractivity contribution in [2.75, 3.05) is 0 Å². The molecule has 4 aliphatic carbocycles. The molecule has 4 fully saturated rings. The van der Waals surface area contributed by atoms with Gasteiger partial charge in [0, 0.05) is 29.0 Å². The topological polar surface area (TPSA) is 93.2 Å². The van der Waals surface area contributed by atoms with Gasteiger partial charge in [-0.3, -0.25) is 9.78 Å². The lowest BCUT2D eigenvalue weighted by Crippen LogP contribution is -2.70. The number of hydrogen-bond acceptors (Lipinski definition) is 5. The maximum absolute atomic E-state index is 12.9. The van der Waals surface area contributed by atoms with Crippen molar-refractivity contribution >= 4 is 12.0 Å². The van der Waals surface area contributed by atoms with Crippen molar-refractivity contribution < 1.29 is 14.3 Å². The number of carbonyl (C=O) groups is 2. The highest BCUT2D eigenvalue weighted by molar-refractivity contribution is 5.92. The molecule has 162 valence electrons. The Labute approximate surface area is 182 Å². The number of aryl methyl sites for hydroxylation is 2. The van der Waals surface area contributed by atoms with Crippen LogP contribution >= 0.6 is 0 Å². The minimum absolute atomic E-state index is 0.136. The van der Waals surface area contributed by atoms with Gasteiger partial charge in [0.1, 0.15) is 5.69 Å². The molecule has 2 aromatic heterocycles. The van der Waals surface area contributed by atoms with Gasteiger partial charge in [-0.05, 0) is 81.9 Å². The van der Waals surface area contributed by atoms with Crippen LogP contribution in [0.3, 0.4) is 0 Å². The van der Waals surface area contributed by atoms with Crippen LogP contribution in [0, 0.1) is 25.7 Å². The fourth-order valence-corrected chi connectivity index (χ4v) is 6.37. The molecular weight excluding hydrogens is 392 g/mol. The highest BCUT2D eigenvalue weighted by Crippen LogP contribution is 2.57. The molecule has 2 amide bonds. The molecular formula is C24H28N4O3. The van der Waals surface area contributed by atoms with Crippen molar-refractivity contribution in [3.63, 3.8) is 0 Å². The van der Waals surface area contributed by atoms with Gasteiger partial charge in [-0.1, -0.05) is 12.1 Å². The van der Waals surface area contributed by atoms with Crippen LogP contribution in [0.4, 0.5) is 4.79 Å². The van der Waals surface area contributed by atoms with Gasteiger partial charge in [-0.2, -0.15) is 0 Å². The van der Waals surface area contributed by atoms with Gasteiger partial charge in [-0.15, -0.1) is 0 Å². The molecule has 0 radical (unpaired) electrons. The van der Waals surface area contributed by atoms with Crippen molar-refractivity contribution in [3.8, 4) is 5.88 Å². The van der Waals surface area contributed by atoms with Gasteiger partial charge in [0.05, 0.1) is 0 Å². The summed E-state index contributed by atoms with van der Waals surface area (Å²) in [6.07, 6.45) is 6.91. The van der Waals surface area contributed by atoms with E-state index in [1.54, 1.807) is 18.3 Å². The number of nitrogens with zero attached hydrogens (tertiary/aromatic N) is 2. The number of hydrogen-bond donors (Lipinski definition) is 2. The SMILES string of the molecule is Cc1ccc(C(=O)NC23CC4CC(CC(NC(=O)Oc5cccc(C)n5)(C4)C2)C3)nc1. The number of aromatic nitrogens is 2. The highest BCUT2D eigenvalue weighted by Gasteiger charge is 2.59. The molecule has 0 aromatic carbocycles. The van der Waals surface area contributed by atoms with Crippen molar-refractivity contribution in [2.24, 2.45) is 11.8 Å². The van der Waals surface area contributed by atoms with E-state index in [0.717, 1.165) is 49.8 Å². The Kier molecular flexibility index (Phi) is 4.72. The van der Waals surface area contributed by atoms with E-state index in [4.69, 9.17) is 4.74 Å². The Hall–Kier alpha value is -2.96. The number of nitrogens with one attached hydrogen (secondary N) is 2. The van der Waals surface area contributed by atoms with Crippen molar-refractivity contribution in [1.29, 1.82) is 0 Å². The lowest BCUT2D eigenvalue weighted by molar-refractivity contribution is -0.0450. The van der Waals surface area contributed by atoms with E-state index >= 15 is 0 Å². The Morgan fingerprint density at radius 1 is 1.00 bits per heavy atom. The molecule has 4 saturated carbocycles. The summed E-state index contributed by atoms with van der Waals surface area (Å²) in [5.41, 5.74) is 1.61. The van der Waals surface area contributed by atoms with Gasteiger partial charge in [0.25, 0.3) is 5.91 Å². The zero-order valence-corrected chi connectivity index (χ0v) is 18.0. The molecule has 0 aliphatic heterocycles. The summed E-state index contributed by atoms with van der Waals surface area (Å²) in [5, 5.41) is 6.48. The summed E-state index contributed by atoms with van der Waals surface area (Å²) in [6.45, 7) is 3.81.